The van der Waals surface area contributed by atoms with Crippen LogP contribution in [0.15, 0.2) is 33.5 Å². The molecule has 7 heteroatoms. The molecule has 1 N–H and O–H groups in total. The number of hydrogen-bond donors (Lipinski definition) is 1. The number of nitrogens with zero attached hydrogens (tertiary/aromatic N) is 1. The molecule has 144 valence electrons. The first-order valence-electron chi connectivity index (χ1n) is 9.12. The fourth-order valence-corrected chi connectivity index (χ4v) is 5.61. The smallest absolute Gasteiger partial charge is 0.328 e. The van der Waals surface area contributed by atoms with E-state index in [1.165, 1.54) is 16.8 Å². The van der Waals surface area contributed by atoms with Gasteiger partial charge in [0.1, 0.15) is 6.29 Å². The zero-order valence-electron chi connectivity index (χ0n) is 16.5. The van der Waals surface area contributed by atoms with Gasteiger partial charge in [-0.2, -0.15) is 0 Å². The van der Waals surface area contributed by atoms with Gasteiger partial charge in [0, 0.05) is 24.8 Å². The van der Waals surface area contributed by atoms with E-state index < -0.39 is 19.6 Å². The standard InChI is InChI=1S/C19H30N2O4Si/c1-13(2)19(3,4)26(5,6)25-12-15-10-16(9-14(15)11-22)21-8-7-17(23)20-18(21)24/h7-9,11,13,15-16H,10,12H2,1-6H3,(H,20,23,24)/t15-,16+/m1/s1. The summed E-state index contributed by atoms with van der Waals surface area (Å²) in [5, 5.41) is 0.103. The Morgan fingerprint density at radius 2 is 2.04 bits per heavy atom. The minimum Gasteiger partial charge on any atom is -0.416 e. The number of aldehydes is 1. The molecular formula is C19H30N2O4Si. The molecule has 0 saturated carbocycles. The maximum absolute atomic E-state index is 12.0. The Kier molecular flexibility index (Phi) is 5.92. The maximum Gasteiger partial charge on any atom is 0.328 e. The molecule has 0 unspecified atom stereocenters. The van der Waals surface area contributed by atoms with E-state index in [9.17, 15) is 14.4 Å². The minimum atomic E-state index is -1.98. The molecule has 6 nitrogen and oxygen atoms in total. The van der Waals surface area contributed by atoms with Crippen LogP contribution in [0.5, 0.6) is 0 Å². The monoisotopic (exact) mass is 378 g/mol. The Morgan fingerprint density at radius 3 is 2.58 bits per heavy atom. The van der Waals surface area contributed by atoms with Crippen LogP contribution in [-0.2, 0) is 9.22 Å². The van der Waals surface area contributed by atoms with Crippen molar-refractivity contribution in [1.29, 1.82) is 0 Å². The Morgan fingerprint density at radius 1 is 1.38 bits per heavy atom. The van der Waals surface area contributed by atoms with Gasteiger partial charge in [0.15, 0.2) is 8.32 Å². The molecule has 0 radical (unpaired) electrons. The van der Waals surface area contributed by atoms with Crippen LogP contribution in [0.2, 0.25) is 18.1 Å². The van der Waals surface area contributed by atoms with Gasteiger partial charge in [0.25, 0.3) is 5.56 Å². The van der Waals surface area contributed by atoms with Crippen molar-refractivity contribution in [2.75, 3.05) is 6.61 Å². The minimum absolute atomic E-state index is 0.0361. The van der Waals surface area contributed by atoms with Crippen molar-refractivity contribution in [2.45, 2.75) is 58.3 Å². The predicted molar refractivity (Wildman–Crippen MR) is 105 cm³/mol. The molecule has 26 heavy (non-hydrogen) atoms. The van der Waals surface area contributed by atoms with Crippen LogP contribution in [-0.4, -0.2) is 30.8 Å². The SMILES string of the molecule is CC(C)C(C)(C)[Si](C)(C)OC[C@H]1C[C@@H](n2ccc(=O)[nH]c2=O)C=C1C=O. The van der Waals surface area contributed by atoms with E-state index in [-0.39, 0.29) is 17.0 Å². The lowest BCUT2D eigenvalue weighted by Gasteiger charge is -2.43. The van der Waals surface area contributed by atoms with Gasteiger partial charge in [-0.25, -0.2) is 4.79 Å². The molecule has 0 aromatic carbocycles. The molecule has 0 saturated heterocycles. The van der Waals surface area contributed by atoms with Crippen LogP contribution in [0.1, 0.15) is 40.2 Å². The number of carbonyl (C=O) groups excluding carboxylic acids is 1. The lowest BCUT2D eigenvalue weighted by Crippen LogP contribution is -2.46. The average molecular weight is 379 g/mol. The van der Waals surface area contributed by atoms with Crippen molar-refractivity contribution in [3.63, 3.8) is 0 Å². The number of carbonyl (C=O) groups is 1. The summed E-state index contributed by atoms with van der Waals surface area (Å²) in [7, 11) is -1.98. The van der Waals surface area contributed by atoms with Gasteiger partial charge in [-0.05, 0) is 36.0 Å². The first-order chi connectivity index (χ1) is 12.0. The Bertz CT molecular complexity index is 804. The van der Waals surface area contributed by atoms with E-state index in [0.717, 1.165) is 6.29 Å². The molecule has 0 amide bonds. The molecular weight excluding hydrogens is 348 g/mol. The van der Waals surface area contributed by atoms with Crippen LogP contribution < -0.4 is 11.2 Å². The van der Waals surface area contributed by atoms with Gasteiger partial charge in [0.2, 0.25) is 0 Å². The molecule has 0 aliphatic heterocycles. The van der Waals surface area contributed by atoms with Crippen molar-refractivity contribution < 1.29 is 9.22 Å². The number of aromatic nitrogens is 2. The van der Waals surface area contributed by atoms with Gasteiger partial charge in [-0.1, -0.05) is 33.8 Å². The highest BCUT2D eigenvalue weighted by Crippen LogP contribution is 2.45. The van der Waals surface area contributed by atoms with E-state index >= 15 is 0 Å². The van der Waals surface area contributed by atoms with Crippen molar-refractivity contribution >= 4 is 14.6 Å². The number of H-pyrrole nitrogens is 1. The lowest BCUT2D eigenvalue weighted by atomic mass is 9.99. The molecule has 1 heterocycles. The second kappa shape index (κ2) is 7.48. The van der Waals surface area contributed by atoms with Gasteiger partial charge >= 0.3 is 5.69 Å². The highest BCUT2D eigenvalue weighted by molar-refractivity contribution is 6.74. The van der Waals surface area contributed by atoms with E-state index in [1.54, 1.807) is 0 Å². The van der Waals surface area contributed by atoms with Crippen molar-refractivity contribution in [2.24, 2.45) is 11.8 Å². The summed E-state index contributed by atoms with van der Waals surface area (Å²) in [5.74, 6) is 0.465. The fourth-order valence-electron chi connectivity index (χ4n) is 3.23. The van der Waals surface area contributed by atoms with Crippen molar-refractivity contribution in [1.82, 2.24) is 9.55 Å². The van der Waals surface area contributed by atoms with Crippen molar-refractivity contribution in [3.05, 3.63) is 44.8 Å². The van der Waals surface area contributed by atoms with E-state index in [0.29, 0.717) is 24.5 Å². The summed E-state index contributed by atoms with van der Waals surface area (Å²) < 4.78 is 7.86. The zero-order valence-corrected chi connectivity index (χ0v) is 17.5. The topological polar surface area (TPSA) is 81.2 Å². The summed E-state index contributed by atoms with van der Waals surface area (Å²) in [6, 6.07) is 1.08. The molecule has 1 aromatic heterocycles. The van der Waals surface area contributed by atoms with Gasteiger partial charge in [0.05, 0.1) is 6.04 Å². The maximum atomic E-state index is 12.0. The van der Waals surface area contributed by atoms with E-state index in [2.05, 4.69) is 45.8 Å². The van der Waals surface area contributed by atoms with Crippen LogP contribution in [0.3, 0.4) is 0 Å². The molecule has 0 spiro atoms. The van der Waals surface area contributed by atoms with Gasteiger partial charge in [-0.15, -0.1) is 0 Å². The molecule has 0 fully saturated rings. The van der Waals surface area contributed by atoms with Gasteiger partial charge < -0.3 is 4.43 Å². The highest BCUT2D eigenvalue weighted by Gasteiger charge is 2.44. The normalized spacial score (nSPS) is 21.1. The molecule has 1 aliphatic carbocycles. The number of rotatable bonds is 7. The third-order valence-corrected chi connectivity index (χ3v) is 10.9. The Hall–Kier alpha value is -1.73. The van der Waals surface area contributed by atoms with Crippen LogP contribution >= 0.6 is 0 Å². The molecule has 1 aliphatic rings. The molecule has 2 atom stereocenters. The average Bonchev–Trinajstić information content (AvgIpc) is 2.95. The fraction of sp³-hybridized carbons (Fsp3) is 0.632. The van der Waals surface area contributed by atoms with Gasteiger partial charge in [-0.3, -0.25) is 19.1 Å². The Labute approximate surface area is 155 Å². The zero-order chi connectivity index (χ0) is 19.7. The number of nitrogens with one attached hydrogen (secondary N) is 1. The first kappa shape index (κ1) is 20.6. The lowest BCUT2D eigenvalue weighted by molar-refractivity contribution is -0.105. The van der Waals surface area contributed by atoms with E-state index in [4.69, 9.17) is 4.43 Å². The highest BCUT2D eigenvalue weighted by atomic mass is 28.4. The summed E-state index contributed by atoms with van der Waals surface area (Å²) in [6.07, 6.45) is 4.76. The first-order valence-corrected chi connectivity index (χ1v) is 12.0. The largest absolute Gasteiger partial charge is 0.416 e. The summed E-state index contributed by atoms with van der Waals surface area (Å²) >= 11 is 0. The van der Waals surface area contributed by atoms with Crippen molar-refractivity contribution in [3.8, 4) is 0 Å². The van der Waals surface area contributed by atoms with E-state index in [1.807, 2.05) is 6.08 Å². The number of aromatic amines is 1. The third kappa shape index (κ3) is 3.99. The Balaban J connectivity index is 2.15. The summed E-state index contributed by atoms with van der Waals surface area (Å²) in [5.41, 5.74) is -0.214. The number of hydrogen-bond acceptors (Lipinski definition) is 4. The van der Waals surface area contributed by atoms with Crippen LogP contribution in [0.4, 0.5) is 0 Å². The predicted octanol–water partition coefficient (Wildman–Crippen LogP) is 2.88. The molecule has 0 bridgehead atoms. The number of allylic oxidation sites excluding steroid dienone is 1. The van der Waals surface area contributed by atoms with Crippen LogP contribution in [0, 0.1) is 11.8 Å². The summed E-state index contributed by atoms with van der Waals surface area (Å²) in [6.45, 7) is 13.8. The second-order valence-corrected chi connectivity index (χ2v) is 13.1. The second-order valence-electron chi connectivity index (χ2n) is 8.50. The molecule has 2 rings (SSSR count). The summed E-state index contributed by atoms with van der Waals surface area (Å²) in [4.78, 5) is 37.0. The molecule has 1 aromatic rings. The quantitative estimate of drug-likeness (QED) is 0.584. The third-order valence-electron chi connectivity index (χ3n) is 6.37. The van der Waals surface area contributed by atoms with Crippen LogP contribution in [0.25, 0.3) is 0 Å².